The van der Waals surface area contributed by atoms with E-state index < -0.39 is 0 Å². The Hall–Kier alpha value is -3.34. The molecule has 128 valence electrons. The first-order valence-corrected chi connectivity index (χ1v) is 7.62. The lowest BCUT2D eigenvalue weighted by Crippen LogP contribution is -1.98. The van der Waals surface area contributed by atoms with Crippen molar-refractivity contribution in [3.05, 3.63) is 65.7 Å². The molecule has 1 amide bonds. The third-order valence-corrected chi connectivity index (χ3v) is 3.57. The summed E-state index contributed by atoms with van der Waals surface area (Å²) in [6, 6.07) is 12.1. The van der Waals surface area contributed by atoms with Gasteiger partial charge < -0.3 is 15.2 Å². The Kier molecular flexibility index (Phi) is 6.12. The van der Waals surface area contributed by atoms with Crippen molar-refractivity contribution in [2.75, 3.05) is 12.4 Å². The van der Waals surface area contributed by atoms with Crippen molar-refractivity contribution in [2.45, 2.75) is 6.92 Å². The summed E-state index contributed by atoms with van der Waals surface area (Å²) < 4.78 is 5.03. The van der Waals surface area contributed by atoms with Crippen LogP contribution in [0.15, 0.2) is 54.6 Å². The Morgan fingerprint density at radius 1 is 1.20 bits per heavy atom. The molecule has 0 aliphatic rings. The van der Waals surface area contributed by atoms with E-state index in [1.54, 1.807) is 31.2 Å². The fourth-order valence-electron chi connectivity index (χ4n) is 2.33. The molecular weight excluding hydrogens is 318 g/mol. The standard InChI is InChI=1S/C20H19NO4/c1-14(17-5-3-4-6-18(17)21-13-22)11-16(23)9-7-15-8-10-19(24)20(12-15)25-2/h3-13,24H,1-2H3,(H,21,22)/b9-7+,14-11-. The lowest BCUT2D eigenvalue weighted by molar-refractivity contribution is -0.110. The molecule has 0 fully saturated rings. The first-order chi connectivity index (χ1) is 12.0. The van der Waals surface area contributed by atoms with E-state index in [2.05, 4.69) is 5.32 Å². The van der Waals surface area contributed by atoms with E-state index in [9.17, 15) is 14.7 Å². The number of phenols is 1. The molecular formula is C20H19NO4. The zero-order valence-electron chi connectivity index (χ0n) is 14.0. The molecule has 0 aliphatic heterocycles. The van der Waals surface area contributed by atoms with E-state index in [-0.39, 0.29) is 11.5 Å². The van der Waals surface area contributed by atoms with Crippen LogP contribution in [0, 0.1) is 0 Å². The van der Waals surface area contributed by atoms with Crippen LogP contribution in [0.2, 0.25) is 0 Å². The maximum Gasteiger partial charge on any atom is 0.211 e. The smallest absolute Gasteiger partial charge is 0.211 e. The van der Waals surface area contributed by atoms with Crippen LogP contribution < -0.4 is 10.1 Å². The second-order valence-corrected chi connectivity index (χ2v) is 5.30. The molecule has 5 heteroatoms. The van der Waals surface area contributed by atoms with Gasteiger partial charge in [0.25, 0.3) is 0 Å². The minimum Gasteiger partial charge on any atom is -0.504 e. The zero-order chi connectivity index (χ0) is 18.2. The van der Waals surface area contributed by atoms with Gasteiger partial charge in [0.1, 0.15) is 0 Å². The van der Waals surface area contributed by atoms with Gasteiger partial charge in [0.2, 0.25) is 6.41 Å². The highest BCUT2D eigenvalue weighted by Crippen LogP contribution is 2.27. The number of para-hydroxylation sites is 1. The maximum absolute atomic E-state index is 12.2. The van der Waals surface area contributed by atoms with E-state index >= 15 is 0 Å². The number of hydrogen-bond donors (Lipinski definition) is 2. The normalized spacial score (nSPS) is 11.4. The molecule has 0 heterocycles. The highest BCUT2D eigenvalue weighted by Gasteiger charge is 2.05. The van der Waals surface area contributed by atoms with E-state index in [4.69, 9.17) is 4.74 Å². The number of methoxy groups -OCH3 is 1. The monoisotopic (exact) mass is 337 g/mol. The van der Waals surface area contributed by atoms with Gasteiger partial charge in [0.05, 0.1) is 7.11 Å². The zero-order valence-corrected chi connectivity index (χ0v) is 14.0. The Balaban J connectivity index is 2.18. The molecule has 0 aliphatic carbocycles. The summed E-state index contributed by atoms with van der Waals surface area (Å²) in [5.41, 5.74) is 2.90. The van der Waals surface area contributed by atoms with Crippen LogP contribution in [0.1, 0.15) is 18.1 Å². The van der Waals surface area contributed by atoms with Gasteiger partial charge in [-0.2, -0.15) is 0 Å². The van der Waals surface area contributed by atoms with Crippen LogP contribution in [-0.2, 0) is 9.59 Å². The third kappa shape index (κ3) is 4.81. The summed E-state index contributed by atoms with van der Waals surface area (Å²) in [7, 11) is 1.46. The fraction of sp³-hybridized carbons (Fsp3) is 0.100. The van der Waals surface area contributed by atoms with Gasteiger partial charge in [0.15, 0.2) is 17.3 Å². The first kappa shape index (κ1) is 18.0. The number of nitrogens with one attached hydrogen (secondary N) is 1. The summed E-state index contributed by atoms with van der Waals surface area (Å²) in [5.74, 6) is 0.196. The van der Waals surface area contributed by atoms with Crippen LogP contribution in [0.25, 0.3) is 11.6 Å². The van der Waals surface area contributed by atoms with Crippen molar-refractivity contribution >= 4 is 29.5 Å². The summed E-state index contributed by atoms with van der Waals surface area (Å²) in [6.45, 7) is 1.81. The Morgan fingerprint density at radius 2 is 1.96 bits per heavy atom. The van der Waals surface area contributed by atoms with Crippen LogP contribution in [0.5, 0.6) is 11.5 Å². The Morgan fingerprint density at radius 3 is 2.68 bits per heavy atom. The first-order valence-electron chi connectivity index (χ1n) is 7.62. The number of hydrogen-bond acceptors (Lipinski definition) is 4. The largest absolute Gasteiger partial charge is 0.504 e. The van der Waals surface area contributed by atoms with E-state index in [1.165, 1.54) is 25.3 Å². The molecule has 0 spiro atoms. The molecule has 25 heavy (non-hydrogen) atoms. The number of carbonyl (C=O) groups is 2. The molecule has 5 nitrogen and oxygen atoms in total. The van der Waals surface area contributed by atoms with Crippen molar-refractivity contribution in [2.24, 2.45) is 0 Å². The number of allylic oxidation sites excluding steroid dienone is 3. The topological polar surface area (TPSA) is 75.6 Å². The second kappa shape index (κ2) is 8.49. The second-order valence-electron chi connectivity index (χ2n) is 5.30. The van der Waals surface area contributed by atoms with Gasteiger partial charge in [-0.25, -0.2) is 0 Å². The van der Waals surface area contributed by atoms with Gasteiger partial charge >= 0.3 is 0 Å². The number of ketones is 1. The highest BCUT2D eigenvalue weighted by atomic mass is 16.5. The molecule has 2 aromatic carbocycles. The van der Waals surface area contributed by atoms with E-state index in [0.717, 1.165) is 16.7 Å². The third-order valence-electron chi connectivity index (χ3n) is 3.57. The molecule has 0 atom stereocenters. The van der Waals surface area contributed by atoms with Crippen molar-refractivity contribution in [1.82, 2.24) is 0 Å². The average molecular weight is 337 g/mol. The number of rotatable bonds is 7. The van der Waals surface area contributed by atoms with Crippen molar-refractivity contribution in [1.29, 1.82) is 0 Å². The maximum atomic E-state index is 12.2. The van der Waals surface area contributed by atoms with Gasteiger partial charge in [-0.1, -0.05) is 30.3 Å². The average Bonchev–Trinajstić information content (AvgIpc) is 2.61. The molecule has 2 rings (SSSR count). The number of amides is 1. The Labute approximate surface area is 146 Å². The minimum absolute atomic E-state index is 0.0426. The van der Waals surface area contributed by atoms with Crippen molar-refractivity contribution in [3.8, 4) is 11.5 Å². The van der Waals surface area contributed by atoms with Gasteiger partial charge in [-0.15, -0.1) is 0 Å². The SMILES string of the molecule is COc1cc(/C=C/C(=O)/C=C(/C)c2ccccc2NC=O)ccc1O. The summed E-state index contributed by atoms with van der Waals surface area (Å²) >= 11 is 0. The molecule has 0 aromatic heterocycles. The Bertz CT molecular complexity index is 837. The highest BCUT2D eigenvalue weighted by molar-refractivity contribution is 6.06. The fourth-order valence-corrected chi connectivity index (χ4v) is 2.33. The van der Waals surface area contributed by atoms with Gasteiger partial charge in [-0.3, -0.25) is 9.59 Å². The predicted molar refractivity (Wildman–Crippen MR) is 98.5 cm³/mol. The summed E-state index contributed by atoms with van der Waals surface area (Å²) in [4.78, 5) is 22.8. The number of ether oxygens (including phenoxy) is 1. The molecule has 0 saturated heterocycles. The van der Waals surface area contributed by atoms with Crippen molar-refractivity contribution < 1.29 is 19.4 Å². The lowest BCUT2D eigenvalue weighted by atomic mass is 10.0. The predicted octanol–water partition coefficient (Wildman–Crippen LogP) is 3.65. The lowest BCUT2D eigenvalue weighted by Gasteiger charge is -2.07. The number of benzene rings is 2. The summed E-state index contributed by atoms with van der Waals surface area (Å²) in [5, 5.41) is 12.2. The van der Waals surface area contributed by atoms with Crippen LogP contribution in [-0.4, -0.2) is 24.4 Å². The minimum atomic E-state index is -0.189. The van der Waals surface area contributed by atoms with E-state index in [1.807, 2.05) is 18.2 Å². The van der Waals surface area contributed by atoms with Crippen LogP contribution in [0.3, 0.4) is 0 Å². The van der Waals surface area contributed by atoms with Crippen molar-refractivity contribution in [3.63, 3.8) is 0 Å². The van der Waals surface area contributed by atoms with E-state index in [0.29, 0.717) is 17.8 Å². The number of anilines is 1. The van der Waals surface area contributed by atoms with Gasteiger partial charge in [0, 0.05) is 11.3 Å². The van der Waals surface area contributed by atoms with Crippen LogP contribution >= 0.6 is 0 Å². The number of aromatic hydroxyl groups is 1. The molecule has 0 bridgehead atoms. The molecule has 0 unspecified atom stereocenters. The number of carbonyl (C=O) groups excluding carboxylic acids is 2. The molecule has 0 radical (unpaired) electrons. The quantitative estimate of drug-likeness (QED) is 0.597. The number of phenolic OH excluding ortho intramolecular Hbond substituents is 1. The summed E-state index contributed by atoms with van der Waals surface area (Å²) in [6.07, 6.45) is 5.18. The van der Waals surface area contributed by atoms with Gasteiger partial charge in [-0.05, 0) is 48.4 Å². The molecule has 0 saturated carbocycles. The molecule has 2 N–H and O–H groups in total. The molecule has 2 aromatic rings. The van der Waals surface area contributed by atoms with Crippen LogP contribution in [0.4, 0.5) is 5.69 Å².